The molecule has 0 atom stereocenters. The van der Waals surface area contributed by atoms with Gasteiger partial charge in [-0.1, -0.05) is 13.8 Å². The molecule has 4 N–H and O–H groups in total. The lowest BCUT2D eigenvalue weighted by molar-refractivity contribution is 0.566. The summed E-state index contributed by atoms with van der Waals surface area (Å²) in [6.07, 6.45) is 5.64. The summed E-state index contributed by atoms with van der Waals surface area (Å²) in [6, 6.07) is 1.80. The summed E-state index contributed by atoms with van der Waals surface area (Å²) >= 11 is 0. The number of rotatable bonds is 7. The molecule has 0 saturated heterocycles. The number of nitrogens with one attached hydrogen (secondary N) is 2. The van der Waals surface area contributed by atoms with Crippen LogP contribution in [0, 0.1) is 5.92 Å². The van der Waals surface area contributed by atoms with Gasteiger partial charge in [-0.05, 0) is 24.8 Å². The van der Waals surface area contributed by atoms with Gasteiger partial charge < -0.3 is 5.32 Å². The topological polar surface area (TPSA) is 107 Å². The number of anilines is 2. The molecule has 0 amide bonds. The van der Waals surface area contributed by atoms with Crippen LogP contribution in [0.1, 0.15) is 26.7 Å². The van der Waals surface area contributed by atoms with E-state index in [4.69, 9.17) is 5.84 Å². The Labute approximate surface area is 117 Å². The van der Waals surface area contributed by atoms with Crippen LogP contribution in [0.5, 0.6) is 0 Å². The lowest BCUT2D eigenvalue weighted by Crippen LogP contribution is -2.16. The van der Waals surface area contributed by atoms with Gasteiger partial charge in [0, 0.05) is 18.9 Å². The minimum atomic E-state index is 0.303. The molecule has 2 rings (SSSR count). The van der Waals surface area contributed by atoms with Gasteiger partial charge in [0.15, 0.2) is 0 Å². The zero-order valence-electron chi connectivity index (χ0n) is 11.7. The second-order valence-electron chi connectivity index (χ2n) is 4.84. The van der Waals surface area contributed by atoms with Crippen LogP contribution < -0.4 is 16.6 Å². The Balaban J connectivity index is 2.06. The first-order valence-electron chi connectivity index (χ1n) is 6.65. The van der Waals surface area contributed by atoms with Gasteiger partial charge in [-0.25, -0.2) is 10.5 Å². The van der Waals surface area contributed by atoms with Crippen molar-refractivity contribution in [3.05, 3.63) is 18.5 Å². The average Bonchev–Trinajstić information content (AvgIpc) is 2.97. The van der Waals surface area contributed by atoms with Crippen molar-refractivity contribution in [2.24, 2.45) is 11.8 Å². The van der Waals surface area contributed by atoms with Crippen molar-refractivity contribution in [3.8, 4) is 5.95 Å². The number of nitrogen functional groups attached to an aromatic ring is 1. The zero-order chi connectivity index (χ0) is 14.4. The van der Waals surface area contributed by atoms with Crippen LogP contribution in [-0.4, -0.2) is 31.3 Å². The molecule has 0 aromatic carbocycles. The lowest BCUT2D eigenvalue weighted by Gasteiger charge is -2.09. The molecule has 108 valence electrons. The van der Waals surface area contributed by atoms with E-state index in [2.05, 4.69) is 44.6 Å². The first-order valence-corrected chi connectivity index (χ1v) is 6.65. The van der Waals surface area contributed by atoms with E-state index in [1.54, 1.807) is 23.1 Å². The van der Waals surface area contributed by atoms with E-state index < -0.39 is 0 Å². The molecular formula is C12H20N8. The largest absolute Gasteiger partial charge is 0.354 e. The van der Waals surface area contributed by atoms with Gasteiger partial charge in [-0.15, -0.1) is 0 Å². The van der Waals surface area contributed by atoms with Gasteiger partial charge in [0.2, 0.25) is 11.9 Å². The summed E-state index contributed by atoms with van der Waals surface area (Å²) in [5.41, 5.74) is 2.44. The van der Waals surface area contributed by atoms with E-state index in [1.165, 1.54) is 0 Å². The predicted octanol–water partition coefficient (Wildman–Crippen LogP) is 1.19. The van der Waals surface area contributed by atoms with Crippen molar-refractivity contribution in [1.82, 2.24) is 24.7 Å². The van der Waals surface area contributed by atoms with Crippen molar-refractivity contribution in [3.63, 3.8) is 0 Å². The fraction of sp³-hybridized carbons (Fsp3) is 0.500. The molecule has 8 heteroatoms. The molecule has 0 fully saturated rings. The van der Waals surface area contributed by atoms with E-state index >= 15 is 0 Å². The third-order valence-corrected chi connectivity index (χ3v) is 2.70. The Morgan fingerprint density at radius 1 is 1.25 bits per heavy atom. The maximum Gasteiger partial charge on any atom is 0.257 e. The van der Waals surface area contributed by atoms with Crippen molar-refractivity contribution < 1.29 is 0 Å². The van der Waals surface area contributed by atoms with E-state index in [0.717, 1.165) is 19.4 Å². The van der Waals surface area contributed by atoms with Crippen LogP contribution in [0.25, 0.3) is 5.95 Å². The summed E-state index contributed by atoms with van der Waals surface area (Å²) < 4.78 is 1.56. The van der Waals surface area contributed by atoms with Crippen LogP contribution in [0.2, 0.25) is 0 Å². The Morgan fingerprint density at radius 2 is 2.05 bits per heavy atom. The van der Waals surface area contributed by atoms with Gasteiger partial charge in [0.05, 0.1) is 0 Å². The van der Waals surface area contributed by atoms with Crippen LogP contribution in [0.3, 0.4) is 0 Å². The molecule has 0 aliphatic heterocycles. The van der Waals surface area contributed by atoms with E-state index in [0.29, 0.717) is 23.8 Å². The summed E-state index contributed by atoms with van der Waals surface area (Å²) in [4.78, 5) is 12.6. The maximum atomic E-state index is 5.38. The highest BCUT2D eigenvalue weighted by molar-refractivity contribution is 5.36. The fourth-order valence-electron chi connectivity index (χ4n) is 1.71. The van der Waals surface area contributed by atoms with Gasteiger partial charge in [0.1, 0.15) is 0 Å². The fourth-order valence-corrected chi connectivity index (χ4v) is 1.71. The normalized spacial score (nSPS) is 10.8. The summed E-state index contributed by atoms with van der Waals surface area (Å²) in [6.45, 7) is 5.22. The van der Waals surface area contributed by atoms with Crippen LogP contribution in [-0.2, 0) is 0 Å². The summed E-state index contributed by atoms with van der Waals surface area (Å²) in [5.74, 6) is 7.28. The molecule has 8 nitrogen and oxygen atoms in total. The molecule has 0 aliphatic carbocycles. The second-order valence-corrected chi connectivity index (χ2v) is 4.84. The summed E-state index contributed by atoms with van der Waals surface area (Å²) in [7, 11) is 0. The number of hydrogen-bond donors (Lipinski definition) is 3. The molecule has 2 aromatic rings. The minimum Gasteiger partial charge on any atom is -0.354 e. The Bertz CT molecular complexity index is 522. The molecule has 0 radical (unpaired) electrons. The quantitative estimate of drug-likeness (QED) is 0.396. The van der Waals surface area contributed by atoms with Crippen molar-refractivity contribution in [2.45, 2.75) is 26.7 Å². The molecule has 20 heavy (non-hydrogen) atoms. The highest BCUT2D eigenvalue weighted by Crippen LogP contribution is 2.09. The smallest absolute Gasteiger partial charge is 0.257 e. The maximum absolute atomic E-state index is 5.38. The van der Waals surface area contributed by atoms with Crippen LogP contribution in [0.4, 0.5) is 11.9 Å². The van der Waals surface area contributed by atoms with Crippen LogP contribution >= 0.6 is 0 Å². The van der Waals surface area contributed by atoms with Gasteiger partial charge >= 0.3 is 0 Å². The highest BCUT2D eigenvalue weighted by Gasteiger charge is 2.07. The molecule has 0 saturated carbocycles. The molecule has 0 aliphatic rings. The number of nitrogens with two attached hydrogens (primary N) is 1. The second kappa shape index (κ2) is 6.80. The molecule has 0 spiro atoms. The van der Waals surface area contributed by atoms with Crippen molar-refractivity contribution >= 4 is 11.9 Å². The number of hydrogen-bond acceptors (Lipinski definition) is 7. The first kappa shape index (κ1) is 14.2. The summed E-state index contributed by atoms with van der Waals surface area (Å²) in [5, 5.41) is 7.27. The Kier molecular flexibility index (Phi) is 4.83. The van der Waals surface area contributed by atoms with E-state index in [-0.39, 0.29) is 0 Å². The molecule has 0 bridgehead atoms. The number of nitrogens with zero attached hydrogens (tertiary/aromatic N) is 5. The van der Waals surface area contributed by atoms with E-state index in [9.17, 15) is 0 Å². The third kappa shape index (κ3) is 3.89. The first-order chi connectivity index (χ1) is 9.69. The highest BCUT2D eigenvalue weighted by atomic mass is 15.4. The third-order valence-electron chi connectivity index (χ3n) is 2.70. The zero-order valence-corrected chi connectivity index (χ0v) is 11.7. The lowest BCUT2D eigenvalue weighted by atomic mass is 10.1. The monoisotopic (exact) mass is 276 g/mol. The number of hydrazine groups is 1. The average molecular weight is 276 g/mol. The molecule has 0 unspecified atom stereocenters. The van der Waals surface area contributed by atoms with Gasteiger partial charge in [0.25, 0.3) is 5.95 Å². The van der Waals surface area contributed by atoms with E-state index in [1.807, 2.05) is 0 Å². The van der Waals surface area contributed by atoms with Crippen molar-refractivity contribution in [2.75, 3.05) is 17.3 Å². The SMILES string of the molecule is CC(C)CCCNc1nc(NN)nc(-n2cccn2)n1. The van der Waals surface area contributed by atoms with Crippen LogP contribution in [0.15, 0.2) is 18.5 Å². The van der Waals surface area contributed by atoms with Gasteiger partial charge in [-0.3, -0.25) is 5.43 Å². The Morgan fingerprint density at radius 3 is 2.70 bits per heavy atom. The predicted molar refractivity (Wildman–Crippen MR) is 77.3 cm³/mol. The van der Waals surface area contributed by atoms with Crippen molar-refractivity contribution in [1.29, 1.82) is 0 Å². The standard InChI is InChI=1S/C12H20N8/c1-9(2)5-3-6-14-10-16-11(19-13)18-12(17-10)20-8-4-7-15-20/h4,7-9H,3,5-6,13H2,1-2H3,(H2,14,16,17,18,19). The molecule has 2 heterocycles. The molecule has 2 aromatic heterocycles. The Hall–Kier alpha value is -2.22. The van der Waals surface area contributed by atoms with Gasteiger partial charge in [-0.2, -0.15) is 20.1 Å². The number of aromatic nitrogens is 5. The molecular weight excluding hydrogens is 256 g/mol. The minimum absolute atomic E-state index is 0.303.